The van der Waals surface area contributed by atoms with Gasteiger partial charge in [-0.2, -0.15) is 0 Å². The quantitative estimate of drug-likeness (QED) is 0.741. The standard InChI is InChI=1S/C15H21N/c1-12-6-3-4-8-15(12)13(2)7-5-11-16-14-9-10-14/h3-4,6-8,14,16H,5,9-11H2,1-2H3. The van der Waals surface area contributed by atoms with Crippen LogP contribution in [0.3, 0.4) is 0 Å². The first-order valence-electron chi connectivity index (χ1n) is 6.23. The molecular formula is C15H21N. The van der Waals surface area contributed by atoms with Crippen LogP contribution in [0.4, 0.5) is 0 Å². The Kier molecular flexibility index (Phi) is 3.79. The van der Waals surface area contributed by atoms with E-state index in [4.69, 9.17) is 0 Å². The maximum absolute atomic E-state index is 3.53. The second kappa shape index (κ2) is 5.31. The van der Waals surface area contributed by atoms with Gasteiger partial charge in [0.1, 0.15) is 0 Å². The molecule has 0 amide bonds. The third-order valence-corrected chi connectivity index (χ3v) is 3.18. The molecule has 0 unspecified atom stereocenters. The number of aryl methyl sites for hydroxylation is 1. The van der Waals surface area contributed by atoms with E-state index in [-0.39, 0.29) is 0 Å². The van der Waals surface area contributed by atoms with Crippen molar-refractivity contribution in [3.63, 3.8) is 0 Å². The summed E-state index contributed by atoms with van der Waals surface area (Å²) in [6.07, 6.45) is 6.23. The molecule has 0 bridgehead atoms. The zero-order valence-corrected chi connectivity index (χ0v) is 10.3. The normalized spacial score (nSPS) is 16.5. The van der Waals surface area contributed by atoms with Crippen molar-refractivity contribution in [3.8, 4) is 0 Å². The minimum Gasteiger partial charge on any atom is -0.314 e. The average Bonchev–Trinajstić information content (AvgIpc) is 3.08. The molecule has 1 N–H and O–H groups in total. The molecule has 1 aromatic carbocycles. The number of benzene rings is 1. The summed E-state index contributed by atoms with van der Waals surface area (Å²) < 4.78 is 0. The van der Waals surface area contributed by atoms with Crippen LogP contribution in [0, 0.1) is 6.92 Å². The van der Waals surface area contributed by atoms with Crippen LogP contribution in [-0.2, 0) is 0 Å². The fourth-order valence-electron chi connectivity index (χ4n) is 1.99. The van der Waals surface area contributed by atoms with Crippen molar-refractivity contribution in [1.29, 1.82) is 0 Å². The Balaban J connectivity index is 1.87. The highest BCUT2D eigenvalue weighted by Gasteiger charge is 2.19. The number of hydrogen-bond donors (Lipinski definition) is 1. The number of nitrogens with one attached hydrogen (secondary N) is 1. The largest absolute Gasteiger partial charge is 0.314 e. The lowest BCUT2D eigenvalue weighted by Gasteiger charge is -2.06. The highest BCUT2D eigenvalue weighted by Crippen LogP contribution is 2.20. The first-order valence-corrected chi connectivity index (χ1v) is 6.23. The third kappa shape index (κ3) is 3.21. The average molecular weight is 215 g/mol. The first-order chi connectivity index (χ1) is 7.77. The Labute approximate surface area is 98.6 Å². The molecule has 86 valence electrons. The Morgan fingerprint density at radius 2 is 2.12 bits per heavy atom. The van der Waals surface area contributed by atoms with Crippen molar-refractivity contribution in [2.45, 2.75) is 39.2 Å². The Hall–Kier alpha value is -1.08. The summed E-state index contributed by atoms with van der Waals surface area (Å²) in [7, 11) is 0. The van der Waals surface area contributed by atoms with Crippen molar-refractivity contribution in [2.24, 2.45) is 0 Å². The number of rotatable bonds is 5. The molecule has 1 fully saturated rings. The second-order valence-corrected chi connectivity index (χ2v) is 4.72. The minimum atomic E-state index is 0.826. The highest BCUT2D eigenvalue weighted by molar-refractivity contribution is 5.66. The second-order valence-electron chi connectivity index (χ2n) is 4.72. The van der Waals surface area contributed by atoms with E-state index >= 15 is 0 Å². The van der Waals surface area contributed by atoms with E-state index in [2.05, 4.69) is 49.5 Å². The summed E-state index contributed by atoms with van der Waals surface area (Å²) >= 11 is 0. The summed E-state index contributed by atoms with van der Waals surface area (Å²) in [6.45, 7) is 5.50. The lowest BCUT2D eigenvalue weighted by atomic mass is 10.0. The van der Waals surface area contributed by atoms with Gasteiger partial charge in [-0.3, -0.25) is 0 Å². The number of allylic oxidation sites excluding steroid dienone is 1. The molecule has 0 atom stereocenters. The molecular weight excluding hydrogens is 194 g/mol. The monoisotopic (exact) mass is 215 g/mol. The van der Waals surface area contributed by atoms with Crippen molar-refractivity contribution in [1.82, 2.24) is 5.32 Å². The molecule has 1 heteroatoms. The summed E-state index contributed by atoms with van der Waals surface area (Å²) in [5.41, 5.74) is 4.15. The van der Waals surface area contributed by atoms with Crippen molar-refractivity contribution in [2.75, 3.05) is 6.54 Å². The topological polar surface area (TPSA) is 12.0 Å². The maximum Gasteiger partial charge on any atom is 0.00683 e. The van der Waals surface area contributed by atoms with Gasteiger partial charge in [0.2, 0.25) is 0 Å². The molecule has 16 heavy (non-hydrogen) atoms. The molecule has 1 aliphatic rings. The summed E-state index contributed by atoms with van der Waals surface area (Å²) in [5.74, 6) is 0. The van der Waals surface area contributed by atoms with Crippen molar-refractivity contribution >= 4 is 5.57 Å². The van der Waals surface area contributed by atoms with E-state index in [0.29, 0.717) is 0 Å². The molecule has 1 saturated carbocycles. The molecule has 1 nitrogen and oxygen atoms in total. The fraction of sp³-hybridized carbons (Fsp3) is 0.467. The molecule has 0 saturated heterocycles. The van der Waals surface area contributed by atoms with Gasteiger partial charge in [0.25, 0.3) is 0 Å². The van der Waals surface area contributed by atoms with Gasteiger partial charge in [0.15, 0.2) is 0 Å². The summed E-state index contributed by atoms with van der Waals surface area (Å²) in [6, 6.07) is 9.42. The van der Waals surface area contributed by atoms with Crippen molar-refractivity contribution in [3.05, 3.63) is 41.5 Å². The van der Waals surface area contributed by atoms with Gasteiger partial charge < -0.3 is 5.32 Å². The minimum absolute atomic E-state index is 0.826. The lowest BCUT2D eigenvalue weighted by Crippen LogP contribution is -2.16. The molecule has 1 aromatic rings. The maximum atomic E-state index is 3.53. The zero-order chi connectivity index (χ0) is 11.4. The molecule has 0 aliphatic heterocycles. The van der Waals surface area contributed by atoms with Crippen molar-refractivity contribution < 1.29 is 0 Å². The highest BCUT2D eigenvalue weighted by atomic mass is 14.9. The molecule has 1 aliphatic carbocycles. The van der Waals surface area contributed by atoms with Crippen LogP contribution in [-0.4, -0.2) is 12.6 Å². The Morgan fingerprint density at radius 3 is 2.81 bits per heavy atom. The molecule has 0 radical (unpaired) electrons. The molecule has 0 heterocycles. The summed E-state index contributed by atoms with van der Waals surface area (Å²) in [5, 5.41) is 3.53. The van der Waals surface area contributed by atoms with E-state index in [9.17, 15) is 0 Å². The Bertz CT molecular complexity index is 375. The van der Waals surface area contributed by atoms with E-state index < -0.39 is 0 Å². The predicted octanol–water partition coefficient (Wildman–Crippen LogP) is 3.54. The van der Waals surface area contributed by atoms with Crippen LogP contribution in [0.15, 0.2) is 30.3 Å². The molecule has 2 rings (SSSR count). The Morgan fingerprint density at radius 1 is 1.38 bits per heavy atom. The molecule has 0 aromatic heterocycles. The third-order valence-electron chi connectivity index (χ3n) is 3.18. The van der Waals surface area contributed by atoms with E-state index in [1.165, 1.54) is 29.5 Å². The van der Waals surface area contributed by atoms with Gasteiger partial charge in [-0.05, 0) is 56.4 Å². The smallest absolute Gasteiger partial charge is 0.00683 e. The van der Waals surface area contributed by atoms with Crippen LogP contribution in [0.5, 0.6) is 0 Å². The van der Waals surface area contributed by atoms with E-state index in [0.717, 1.165) is 19.0 Å². The van der Waals surface area contributed by atoms with Gasteiger partial charge in [0.05, 0.1) is 0 Å². The first kappa shape index (κ1) is 11.4. The van der Waals surface area contributed by atoms with Gasteiger partial charge in [-0.1, -0.05) is 30.3 Å². The van der Waals surface area contributed by atoms with Gasteiger partial charge in [-0.15, -0.1) is 0 Å². The van der Waals surface area contributed by atoms with Crippen LogP contribution in [0.25, 0.3) is 5.57 Å². The molecule has 0 spiro atoms. The lowest BCUT2D eigenvalue weighted by molar-refractivity contribution is 0.690. The van der Waals surface area contributed by atoms with Gasteiger partial charge in [-0.25, -0.2) is 0 Å². The fourth-order valence-corrected chi connectivity index (χ4v) is 1.99. The van der Waals surface area contributed by atoms with E-state index in [1.54, 1.807) is 0 Å². The van der Waals surface area contributed by atoms with Crippen LogP contribution < -0.4 is 5.32 Å². The van der Waals surface area contributed by atoms with Crippen LogP contribution in [0.2, 0.25) is 0 Å². The van der Waals surface area contributed by atoms with E-state index in [1.807, 2.05) is 0 Å². The SMILES string of the molecule is CC(=CCCNC1CC1)c1ccccc1C. The predicted molar refractivity (Wildman–Crippen MR) is 70.5 cm³/mol. The van der Waals surface area contributed by atoms with Crippen LogP contribution in [0.1, 0.15) is 37.3 Å². The van der Waals surface area contributed by atoms with Gasteiger partial charge >= 0.3 is 0 Å². The summed E-state index contributed by atoms with van der Waals surface area (Å²) in [4.78, 5) is 0. The zero-order valence-electron chi connectivity index (χ0n) is 10.3. The van der Waals surface area contributed by atoms with Crippen LogP contribution >= 0.6 is 0 Å². The number of hydrogen-bond acceptors (Lipinski definition) is 1. The van der Waals surface area contributed by atoms with Gasteiger partial charge in [0, 0.05) is 6.04 Å².